The molecule has 1 aromatic heterocycles. The second-order valence-electron chi connectivity index (χ2n) is 6.20. The van der Waals surface area contributed by atoms with Gasteiger partial charge in [0.2, 0.25) is 0 Å². The molecule has 5 nitrogen and oxygen atoms in total. The summed E-state index contributed by atoms with van der Waals surface area (Å²) in [5, 5.41) is 3.01. The first-order valence-corrected chi connectivity index (χ1v) is 8.11. The van der Waals surface area contributed by atoms with Gasteiger partial charge in [0.05, 0.1) is 22.6 Å². The molecule has 0 saturated carbocycles. The summed E-state index contributed by atoms with van der Waals surface area (Å²) in [6.07, 6.45) is 0. The monoisotopic (exact) mass is 394 g/mol. The molecule has 0 saturated heterocycles. The van der Waals surface area contributed by atoms with Crippen LogP contribution in [0.15, 0.2) is 48.5 Å². The number of halogens is 2. The molecule has 0 spiro atoms. The smallest absolute Gasteiger partial charge is 0.253 e. The lowest BCUT2D eigenvalue weighted by Gasteiger charge is -2.19. The van der Waals surface area contributed by atoms with Crippen molar-refractivity contribution in [2.75, 3.05) is 5.73 Å². The Morgan fingerprint density at radius 3 is 2.31 bits per heavy atom. The highest BCUT2D eigenvalue weighted by Gasteiger charge is 2.20. The molecule has 3 aromatic rings. The average molecular weight is 395 g/mol. The minimum absolute atomic E-state index is 0. The van der Waals surface area contributed by atoms with Crippen molar-refractivity contribution in [1.29, 1.82) is 0 Å². The van der Waals surface area contributed by atoms with Gasteiger partial charge < -0.3 is 15.6 Å². The van der Waals surface area contributed by atoms with Gasteiger partial charge in [0.15, 0.2) is 0 Å². The van der Waals surface area contributed by atoms with E-state index in [0.29, 0.717) is 11.3 Å². The van der Waals surface area contributed by atoms with E-state index in [1.165, 1.54) is 0 Å². The van der Waals surface area contributed by atoms with Crippen LogP contribution in [0.3, 0.4) is 0 Å². The highest BCUT2D eigenvalue weighted by atomic mass is 35.5. The van der Waals surface area contributed by atoms with Crippen molar-refractivity contribution in [1.82, 2.24) is 14.9 Å². The van der Waals surface area contributed by atoms with Gasteiger partial charge in [-0.15, -0.1) is 24.8 Å². The van der Waals surface area contributed by atoms with Gasteiger partial charge in [-0.1, -0.05) is 24.3 Å². The van der Waals surface area contributed by atoms with Crippen LogP contribution in [0.2, 0.25) is 0 Å². The minimum atomic E-state index is -0.230. The van der Waals surface area contributed by atoms with Crippen molar-refractivity contribution in [3.63, 3.8) is 0 Å². The number of hydrogen-bond donors (Lipinski definition) is 2. The molecule has 0 fully saturated rings. The largest absolute Gasteiger partial charge is 0.398 e. The number of anilines is 1. The van der Waals surface area contributed by atoms with E-state index in [2.05, 4.69) is 29.8 Å². The van der Waals surface area contributed by atoms with Crippen LogP contribution in [0.5, 0.6) is 0 Å². The van der Waals surface area contributed by atoms with Crippen molar-refractivity contribution in [2.45, 2.75) is 32.9 Å². The lowest BCUT2D eigenvalue weighted by Crippen LogP contribution is -2.29. The molecule has 0 aliphatic rings. The molecule has 0 aliphatic heterocycles. The molecule has 7 heteroatoms. The topological polar surface area (TPSA) is 72.9 Å². The molecule has 140 valence electrons. The molecular weight excluding hydrogens is 371 g/mol. The van der Waals surface area contributed by atoms with Crippen LogP contribution < -0.4 is 11.1 Å². The minimum Gasteiger partial charge on any atom is -0.398 e. The lowest BCUT2D eigenvalue weighted by molar-refractivity contribution is 0.0938. The van der Waals surface area contributed by atoms with E-state index in [1.54, 1.807) is 18.2 Å². The highest BCUT2D eigenvalue weighted by molar-refractivity contribution is 5.99. The first-order chi connectivity index (χ1) is 11.5. The summed E-state index contributed by atoms with van der Waals surface area (Å²) in [5.41, 5.74) is 8.85. The number of nitrogens with two attached hydrogens (primary N) is 1. The van der Waals surface area contributed by atoms with Crippen LogP contribution in [-0.2, 0) is 0 Å². The third-order valence-electron chi connectivity index (χ3n) is 4.08. The van der Waals surface area contributed by atoms with Gasteiger partial charge in [-0.2, -0.15) is 0 Å². The van der Waals surface area contributed by atoms with Crippen LogP contribution in [-0.4, -0.2) is 15.5 Å². The number of nitrogens with zero attached hydrogens (tertiary/aromatic N) is 2. The Kier molecular flexibility index (Phi) is 7.48. The summed E-state index contributed by atoms with van der Waals surface area (Å²) in [4.78, 5) is 17.2. The number of rotatable bonds is 4. The van der Waals surface area contributed by atoms with E-state index >= 15 is 0 Å². The number of carbonyl (C=O) groups excluding carboxylic acids is 1. The number of nitrogen functional groups attached to an aromatic ring is 1. The van der Waals surface area contributed by atoms with E-state index < -0.39 is 0 Å². The predicted octanol–water partition coefficient (Wildman–Crippen LogP) is 4.53. The number of aromatic nitrogens is 2. The van der Waals surface area contributed by atoms with E-state index in [0.717, 1.165) is 16.9 Å². The molecule has 3 rings (SSSR count). The summed E-state index contributed by atoms with van der Waals surface area (Å²) in [6, 6.07) is 15.1. The maximum absolute atomic E-state index is 12.5. The molecule has 0 bridgehead atoms. The lowest BCUT2D eigenvalue weighted by atomic mass is 10.1. The van der Waals surface area contributed by atoms with Gasteiger partial charge in [-0.05, 0) is 45.0 Å². The summed E-state index contributed by atoms with van der Waals surface area (Å²) in [7, 11) is 0. The zero-order valence-corrected chi connectivity index (χ0v) is 16.6. The molecule has 1 amide bonds. The third-order valence-corrected chi connectivity index (χ3v) is 4.08. The Hall–Kier alpha value is -2.24. The molecule has 1 unspecified atom stereocenters. The van der Waals surface area contributed by atoms with Crippen LogP contribution in [0.1, 0.15) is 49.0 Å². The fourth-order valence-electron chi connectivity index (χ4n) is 2.95. The van der Waals surface area contributed by atoms with E-state index in [1.807, 2.05) is 31.2 Å². The average Bonchev–Trinajstić information content (AvgIpc) is 2.95. The molecule has 1 heterocycles. The van der Waals surface area contributed by atoms with E-state index in [4.69, 9.17) is 10.7 Å². The Labute approximate surface area is 165 Å². The standard InChI is InChI=1S/C19H22N4O.2ClH/c1-12(2)23-17-11-7-6-10-16(17)22-18(23)13(3)21-19(24)14-8-4-5-9-15(14)20;;/h4-13H,20H2,1-3H3,(H,21,24);2*1H. The Morgan fingerprint density at radius 2 is 1.65 bits per heavy atom. The quantitative estimate of drug-likeness (QED) is 0.638. The number of hydrogen-bond acceptors (Lipinski definition) is 3. The number of nitrogens with one attached hydrogen (secondary N) is 1. The van der Waals surface area contributed by atoms with Crippen LogP contribution in [0.4, 0.5) is 5.69 Å². The molecule has 0 aliphatic carbocycles. The van der Waals surface area contributed by atoms with Gasteiger partial charge in [0, 0.05) is 11.7 Å². The number of fused-ring (bicyclic) bond motifs is 1. The number of amides is 1. The SMILES string of the molecule is CC(NC(=O)c1ccccc1N)c1nc2ccccc2n1C(C)C.Cl.Cl. The third kappa shape index (κ3) is 4.11. The normalized spacial score (nSPS) is 11.5. The van der Waals surface area contributed by atoms with Gasteiger partial charge in [-0.3, -0.25) is 4.79 Å². The van der Waals surface area contributed by atoms with E-state index in [9.17, 15) is 4.79 Å². The van der Waals surface area contributed by atoms with Crippen molar-refractivity contribution in [2.24, 2.45) is 0 Å². The number of benzene rings is 2. The predicted molar refractivity (Wildman–Crippen MR) is 111 cm³/mol. The number of carbonyl (C=O) groups is 1. The summed E-state index contributed by atoms with van der Waals surface area (Å²) < 4.78 is 2.16. The van der Waals surface area contributed by atoms with E-state index in [-0.39, 0.29) is 42.8 Å². The molecule has 26 heavy (non-hydrogen) atoms. The molecule has 2 aromatic carbocycles. The highest BCUT2D eigenvalue weighted by Crippen LogP contribution is 2.25. The van der Waals surface area contributed by atoms with Crippen molar-refractivity contribution < 1.29 is 4.79 Å². The molecule has 3 N–H and O–H groups in total. The second-order valence-corrected chi connectivity index (χ2v) is 6.20. The fraction of sp³-hybridized carbons (Fsp3) is 0.263. The molecular formula is C19H24Cl2N4O. The van der Waals surface area contributed by atoms with Crippen molar-refractivity contribution in [3.8, 4) is 0 Å². The van der Waals surface area contributed by atoms with Crippen molar-refractivity contribution in [3.05, 3.63) is 59.9 Å². The Bertz CT molecular complexity index is 892. The van der Waals surface area contributed by atoms with Crippen molar-refractivity contribution >= 4 is 47.4 Å². The van der Waals surface area contributed by atoms with Gasteiger partial charge >= 0.3 is 0 Å². The Balaban J connectivity index is 0.00000169. The van der Waals surface area contributed by atoms with Gasteiger partial charge in [0.1, 0.15) is 5.82 Å². The van der Waals surface area contributed by atoms with Gasteiger partial charge in [0.25, 0.3) is 5.91 Å². The van der Waals surface area contributed by atoms with Gasteiger partial charge in [-0.25, -0.2) is 4.98 Å². The van der Waals surface area contributed by atoms with Crippen LogP contribution in [0.25, 0.3) is 11.0 Å². The first-order valence-electron chi connectivity index (χ1n) is 8.11. The summed E-state index contributed by atoms with van der Waals surface area (Å²) >= 11 is 0. The fourth-order valence-corrected chi connectivity index (χ4v) is 2.95. The first kappa shape index (κ1) is 21.8. The number of imidazole rings is 1. The summed E-state index contributed by atoms with van der Waals surface area (Å²) in [6.45, 7) is 6.17. The summed E-state index contributed by atoms with van der Waals surface area (Å²) in [5.74, 6) is 0.650. The second kappa shape index (κ2) is 8.92. The van der Waals surface area contributed by atoms with Crippen LogP contribution >= 0.6 is 24.8 Å². The Morgan fingerprint density at radius 1 is 1.04 bits per heavy atom. The zero-order valence-electron chi connectivity index (χ0n) is 15.0. The zero-order chi connectivity index (χ0) is 17.3. The van der Waals surface area contributed by atoms with Crippen LogP contribution in [0, 0.1) is 0 Å². The maximum atomic E-state index is 12.5. The maximum Gasteiger partial charge on any atom is 0.253 e. The number of para-hydroxylation sites is 3. The molecule has 0 radical (unpaired) electrons. The molecule has 1 atom stereocenters.